The zero-order chi connectivity index (χ0) is 21.3. The van der Waals surface area contributed by atoms with Gasteiger partial charge in [-0.2, -0.15) is 0 Å². The lowest BCUT2D eigenvalue weighted by molar-refractivity contribution is 0.00578. The van der Waals surface area contributed by atoms with Gasteiger partial charge in [-0.05, 0) is 66.1 Å². The highest BCUT2D eigenvalue weighted by Gasteiger charge is 2.52. The Kier molecular flexibility index (Phi) is 6.26. The number of halogens is 2. The summed E-state index contributed by atoms with van der Waals surface area (Å²) < 4.78 is 44.6. The van der Waals surface area contributed by atoms with Crippen molar-refractivity contribution in [2.24, 2.45) is 0 Å². The Bertz CT molecular complexity index is 756. The molecule has 0 atom stereocenters. The van der Waals surface area contributed by atoms with Crippen LogP contribution in [0.3, 0.4) is 0 Å². The molecule has 1 aromatic carbocycles. The number of hydrogen-bond acceptors (Lipinski definition) is 4. The van der Waals surface area contributed by atoms with Crippen LogP contribution in [0.15, 0.2) is 23.7 Å². The van der Waals surface area contributed by atoms with Crippen molar-refractivity contribution in [3.63, 3.8) is 0 Å². The Morgan fingerprint density at radius 2 is 1.75 bits per heavy atom. The fourth-order valence-electron chi connectivity index (χ4n) is 2.50. The van der Waals surface area contributed by atoms with Gasteiger partial charge in [0.05, 0.1) is 11.2 Å². The normalized spacial score (nSPS) is 18.9. The Morgan fingerprint density at radius 1 is 1.18 bits per heavy atom. The van der Waals surface area contributed by atoms with E-state index in [0.29, 0.717) is 5.47 Å². The summed E-state index contributed by atoms with van der Waals surface area (Å²) in [6, 6.07) is 3.29. The molecule has 28 heavy (non-hydrogen) atoms. The molecule has 0 saturated carbocycles. The fraction of sp³-hybridized carbons (Fsp3) is 0.550. The predicted octanol–water partition coefficient (Wildman–Crippen LogP) is 4.50. The number of alkyl carbamates (subject to hydrolysis) is 1. The average molecular weight is 395 g/mol. The van der Waals surface area contributed by atoms with Gasteiger partial charge < -0.3 is 19.4 Å². The summed E-state index contributed by atoms with van der Waals surface area (Å²) in [5.74, 6) is -1.38. The molecular formula is C20H28BF2NO4. The molecule has 1 amide bonds. The zero-order valence-corrected chi connectivity index (χ0v) is 17.5. The Labute approximate surface area is 165 Å². The van der Waals surface area contributed by atoms with E-state index in [-0.39, 0.29) is 12.1 Å². The van der Waals surface area contributed by atoms with E-state index in [1.54, 1.807) is 20.8 Å². The summed E-state index contributed by atoms with van der Waals surface area (Å²) in [5.41, 5.74) is -1.22. The first-order valence-corrected chi connectivity index (χ1v) is 9.18. The SMILES string of the molecule is CC(C)(C)OC(=O)NCC(=Cc1ccc(F)cc1F)B1OC(C)(C)C(C)(C)O1. The van der Waals surface area contributed by atoms with Crippen molar-refractivity contribution < 1.29 is 27.6 Å². The van der Waals surface area contributed by atoms with Crippen LogP contribution in [0.2, 0.25) is 0 Å². The second kappa shape index (κ2) is 7.83. The minimum absolute atomic E-state index is 0.0164. The highest BCUT2D eigenvalue weighted by Crippen LogP contribution is 2.38. The highest BCUT2D eigenvalue weighted by molar-refractivity contribution is 6.56. The quantitative estimate of drug-likeness (QED) is 0.763. The Hall–Kier alpha value is -1.93. The van der Waals surface area contributed by atoms with Crippen LogP contribution in [0.25, 0.3) is 6.08 Å². The van der Waals surface area contributed by atoms with Gasteiger partial charge in [0.25, 0.3) is 0 Å². The maximum Gasteiger partial charge on any atom is 0.492 e. The summed E-state index contributed by atoms with van der Waals surface area (Å²) in [7, 11) is -0.801. The van der Waals surface area contributed by atoms with E-state index < -0.39 is 41.6 Å². The first kappa shape index (κ1) is 22.4. The first-order chi connectivity index (χ1) is 12.7. The standard InChI is InChI=1S/C20H28BF2NO4/c1-18(2,3)26-17(25)24-12-14(10-13-8-9-15(22)11-16(13)23)21-27-19(4,5)20(6,7)28-21/h8-11H,12H2,1-7H3,(H,24,25). The maximum absolute atomic E-state index is 14.1. The lowest BCUT2D eigenvalue weighted by atomic mass is 9.77. The van der Waals surface area contributed by atoms with E-state index in [1.807, 2.05) is 27.7 Å². The van der Waals surface area contributed by atoms with Crippen molar-refractivity contribution in [1.29, 1.82) is 0 Å². The molecule has 0 unspecified atom stereocenters. The number of nitrogens with one attached hydrogen (secondary N) is 1. The summed E-state index contributed by atoms with van der Waals surface area (Å²) >= 11 is 0. The minimum Gasteiger partial charge on any atom is -0.444 e. The van der Waals surface area contributed by atoms with Gasteiger partial charge in [-0.15, -0.1) is 0 Å². The number of benzene rings is 1. The van der Waals surface area contributed by atoms with E-state index in [1.165, 1.54) is 12.1 Å². The molecule has 0 bridgehead atoms. The van der Waals surface area contributed by atoms with E-state index >= 15 is 0 Å². The Morgan fingerprint density at radius 3 is 2.25 bits per heavy atom. The Balaban J connectivity index is 2.28. The molecule has 0 aliphatic carbocycles. The van der Waals surface area contributed by atoms with Crippen LogP contribution in [0.1, 0.15) is 54.0 Å². The van der Waals surface area contributed by atoms with Crippen LogP contribution in [-0.2, 0) is 14.0 Å². The lowest BCUT2D eigenvalue weighted by Gasteiger charge is -2.32. The van der Waals surface area contributed by atoms with Gasteiger partial charge in [0.15, 0.2) is 0 Å². The smallest absolute Gasteiger partial charge is 0.444 e. The van der Waals surface area contributed by atoms with E-state index in [9.17, 15) is 13.6 Å². The van der Waals surface area contributed by atoms with E-state index in [4.69, 9.17) is 14.0 Å². The molecule has 0 aromatic heterocycles. The summed E-state index contributed by atoms with van der Waals surface area (Å²) in [6.45, 7) is 12.9. The topological polar surface area (TPSA) is 56.8 Å². The van der Waals surface area contributed by atoms with Crippen LogP contribution in [0.5, 0.6) is 0 Å². The molecule has 2 rings (SSSR count). The van der Waals surface area contributed by atoms with Crippen LogP contribution in [0.4, 0.5) is 13.6 Å². The molecule has 1 heterocycles. The monoisotopic (exact) mass is 395 g/mol. The molecule has 1 saturated heterocycles. The van der Waals surface area contributed by atoms with Crippen molar-refractivity contribution in [2.75, 3.05) is 6.54 Å². The number of amides is 1. The minimum atomic E-state index is -0.801. The third-order valence-electron chi connectivity index (χ3n) is 4.70. The molecule has 154 valence electrons. The number of ether oxygens (including phenoxy) is 1. The third kappa shape index (κ3) is 5.55. The number of carbonyl (C=O) groups excluding carboxylic acids is 1. The van der Waals surface area contributed by atoms with Gasteiger partial charge in [-0.3, -0.25) is 0 Å². The van der Waals surface area contributed by atoms with Gasteiger partial charge in [-0.25, -0.2) is 13.6 Å². The van der Waals surface area contributed by atoms with Crippen molar-refractivity contribution in [3.05, 3.63) is 40.9 Å². The fourth-order valence-corrected chi connectivity index (χ4v) is 2.50. The van der Waals surface area contributed by atoms with Crippen molar-refractivity contribution in [1.82, 2.24) is 5.32 Å². The van der Waals surface area contributed by atoms with Crippen molar-refractivity contribution >= 4 is 19.3 Å². The lowest BCUT2D eigenvalue weighted by Crippen LogP contribution is -2.41. The van der Waals surface area contributed by atoms with Crippen LogP contribution in [0, 0.1) is 11.6 Å². The van der Waals surface area contributed by atoms with E-state index in [2.05, 4.69) is 5.32 Å². The van der Waals surface area contributed by atoms with Crippen LogP contribution >= 0.6 is 0 Å². The van der Waals surface area contributed by atoms with Gasteiger partial charge in [-0.1, -0.05) is 6.08 Å². The second-order valence-electron chi connectivity index (χ2n) is 8.83. The number of hydrogen-bond donors (Lipinski definition) is 1. The van der Waals surface area contributed by atoms with Crippen LogP contribution < -0.4 is 5.32 Å². The molecule has 5 nitrogen and oxygen atoms in total. The van der Waals surface area contributed by atoms with Crippen LogP contribution in [-0.4, -0.2) is 36.6 Å². The molecule has 1 aromatic rings. The summed E-state index contributed by atoms with van der Waals surface area (Å²) in [4.78, 5) is 12.0. The molecule has 8 heteroatoms. The highest BCUT2D eigenvalue weighted by atomic mass is 19.1. The molecule has 1 aliphatic rings. The summed E-state index contributed by atoms with van der Waals surface area (Å²) in [5, 5.41) is 2.64. The largest absolute Gasteiger partial charge is 0.492 e. The van der Waals surface area contributed by atoms with E-state index in [0.717, 1.165) is 12.1 Å². The zero-order valence-electron chi connectivity index (χ0n) is 17.5. The van der Waals surface area contributed by atoms with Gasteiger partial charge in [0, 0.05) is 18.2 Å². The number of rotatable bonds is 4. The number of carbonyl (C=O) groups is 1. The van der Waals surface area contributed by atoms with Crippen molar-refractivity contribution in [2.45, 2.75) is 65.3 Å². The predicted molar refractivity (Wildman–Crippen MR) is 105 cm³/mol. The molecule has 0 radical (unpaired) electrons. The van der Waals surface area contributed by atoms with Crippen molar-refractivity contribution in [3.8, 4) is 0 Å². The summed E-state index contributed by atoms with van der Waals surface area (Å²) in [6.07, 6.45) is 0.878. The molecule has 1 N–H and O–H groups in total. The van der Waals surface area contributed by atoms with Gasteiger partial charge >= 0.3 is 13.2 Å². The molecular weight excluding hydrogens is 367 g/mol. The third-order valence-corrected chi connectivity index (χ3v) is 4.70. The average Bonchev–Trinajstić information content (AvgIpc) is 2.71. The maximum atomic E-state index is 14.1. The molecule has 1 fully saturated rings. The first-order valence-electron chi connectivity index (χ1n) is 9.18. The van der Waals surface area contributed by atoms with Gasteiger partial charge in [0.2, 0.25) is 0 Å². The second-order valence-corrected chi connectivity index (χ2v) is 8.83. The molecule has 0 spiro atoms. The van der Waals surface area contributed by atoms with Gasteiger partial charge in [0.1, 0.15) is 17.2 Å². The molecule has 1 aliphatic heterocycles.